The molecule has 6 heteroatoms. The standard InChI is InChI=1S/C12H16ClN5/c1-2-8-5-3-4-6-18(8)11-9-7-14-17-10(9)15-12(13)16-11/h7-8H,2-6H2,1H3,(H,14,15,16,17). The van der Waals surface area contributed by atoms with Crippen molar-refractivity contribution < 1.29 is 0 Å². The number of anilines is 1. The highest BCUT2D eigenvalue weighted by Crippen LogP contribution is 2.30. The molecule has 0 amide bonds. The lowest BCUT2D eigenvalue weighted by molar-refractivity contribution is 0.448. The maximum atomic E-state index is 5.99. The topological polar surface area (TPSA) is 57.7 Å². The van der Waals surface area contributed by atoms with Gasteiger partial charge in [-0.05, 0) is 37.3 Å². The van der Waals surface area contributed by atoms with Gasteiger partial charge in [-0.1, -0.05) is 6.92 Å². The predicted molar refractivity (Wildman–Crippen MR) is 72.0 cm³/mol. The highest BCUT2D eigenvalue weighted by atomic mass is 35.5. The zero-order valence-electron chi connectivity index (χ0n) is 10.4. The Hall–Kier alpha value is -1.36. The molecule has 0 spiro atoms. The lowest BCUT2D eigenvalue weighted by Gasteiger charge is -2.36. The maximum absolute atomic E-state index is 5.99. The zero-order valence-corrected chi connectivity index (χ0v) is 11.1. The molecule has 0 aromatic carbocycles. The first-order valence-electron chi connectivity index (χ1n) is 6.43. The van der Waals surface area contributed by atoms with Crippen molar-refractivity contribution in [3.63, 3.8) is 0 Å². The number of piperidine rings is 1. The molecule has 3 rings (SSSR count). The number of nitrogens with one attached hydrogen (secondary N) is 1. The number of aromatic amines is 1. The summed E-state index contributed by atoms with van der Waals surface area (Å²) in [6.45, 7) is 3.25. The lowest BCUT2D eigenvalue weighted by atomic mass is 10.00. The van der Waals surface area contributed by atoms with E-state index in [4.69, 9.17) is 11.6 Å². The molecule has 96 valence electrons. The molecule has 1 unspecified atom stereocenters. The van der Waals surface area contributed by atoms with E-state index in [2.05, 4.69) is 32.0 Å². The molecule has 3 heterocycles. The number of hydrogen-bond donors (Lipinski definition) is 1. The third-order valence-corrected chi connectivity index (χ3v) is 3.80. The van der Waals surface area contributed by atoms with Crippen molar-refractivity contribution in [3.8, 4) is 0 Å². The molecule has 1 saturated heterocycles. The number of fused-ring (bicyclic) bond motifs is 1. The van der Waals surface area contributed by atoms with Crippen molar-refractivity contribution in [2.45, 2.75) is 38.6 Å². The van der Waals surface area contributed by atoms with E-state index in [0.717, 1.165) is 24.2 Å². The summed E-state index contributed by atoms with van der Waals surface area (Å²) in [5.74, 6) is 0.922. The van der Waals surface area contributed by atoms with Gasteiger partial charge in [0.25, 0.3) is 0 Å². The Bertz CT molecular complexity index is 552. The maximum Gasteiger partial charge on any atom is 0.226 e. The van der Waals surface area contributed by atoms with Crippen LogP contribution in [0, 0.1) is 0 Å². The largest absolute Gasteiger partial charge is 0.353 e. The minimum absolute atomic E-state index is 0.280. The Balaban J connectivity index is 2.08. The average Bonchev–Trinajstić information content (AvgIpc) is 2.85. The third-order valence-electron chi connectivity index (χ3n) is 3.63. The normalized spacial score (nSPS) is 20.6. The molecule has 1 aliphatic rings. The molecule has 0 bridgehead atoms. The number of aromatic nitrogens is 4. The minimum atomic E-state index is 0.280. The summed E-state index contributed by atoms with van der Waals surface area (Å²) >= 11 is 5.99. The van der Waals surface area contributed by atoms with Crippen LogP contribution in [0.25, 0.3) is 11.0 Å². The van der Waals surface area contributed by atoms with Crippen LogP contribution in [0.5, 0.6) is 0 Å². The van der Waals surface area contributed by atoms with Crippen LogP contribution in [0.1, 0.15) is 32.6 Å². The predicted octanol–water partition coefficient (Wildman–Crippen LogP) is 2.78. The first-order chi connectivity index (χ1) is 8.79. The van der Waals surface area contributed by atoms with Gasteiger partial charge in [0.1, 0.15) is 5.82 Å². The van der Waals surface area contributed by atoms with Crippen molar-refractivity contribution in [2.24, 2.45) is 0 Å². The van der Waals surface area contributed by atoms with Crippen molar-refractivity contribution in [1.82, 2.24) is 20.2 Å². The second-order valence-electron chi connectivity index (χ2n) is 4.70. The summed E-state index contributed by atoms with van der Waals surface area (Å²) in [6, 6.07) is 0.544. The van der Waals surface area contributed by atoms with Crippen LogP contribution in [-0.4, -0.2) is 32.8 Å². The van der Waals surface area contributed by atoms with Crippen LogP contribution in [-0.2, 0) is 0 Å². The Kier molecular flexibility index (Phi) is 3.07. The Morgan fingerprint density at radius 1 is 1.44 bits per heavy atom. The van der Waals surface area contributed by atoms with Crippen LogP contribution in [0.3, 0.4) is 0 Å². The van der Waals surface area contributed by atoms with Crippen LogP contribution in [0.4, 0.5) is 5.82 Å². The van der Waals surface area contributed by atoms with Crippen LogP contribution >= 0.6 is 11.6 Å². The van der Waals surface area contributed by atoms with Gasteiger partial charge in [0, 0.05) is 12.6 Å². The average molecular weight is 266 g/mol. The first-order valence-corrected chi connectivity index (χ1v) is 6.80. The molecular weight excluding hydrogens is 250 g/mol. The van der Waals surface area contributed by atoms with Gasteiger partial charge in [0.2, 0.25) is 5.28 Å². The number of nitrogens with zero attached hydrogens (tertiary/aromatic N) is 4. The van der Waals surface area contributed by atoms with Crippen LogP contribution in [0.2, 0.25) is 5.28 Å². The molecule has 0 saturated carbocycles. The molecule has 0 aliphatic carbocycles. The van der Waals surface area contributed by atoms with E-state index in [9.17, 15) is 0 Å². The van der Waals surface area contributed by atoms with Gasteiger partial charge < -0.3 is 4.90 Å². The zero-order chi connectivity index (χ0) is 12.5. The van der Waals surface area contributed by atoms with Gasteiger partial charge in [0.05, 0.1) is 11.6 Å². The Labute approximate surface area is 111 Å². The SMILES string of the molecule is CCC1CCCCN1c1nc(Cl)nc2[nH]ncc12. The van der Waals surface area contributed by atoms with E-state index in [1.165, 1.54) is 19.3 Å². The smallest absolute Gasteiger partial charge is 0.226 e. The third kappa shape index (κ3) is 1.92. The quantitative estimate of drug-likeness (QED) is 0.849. The summed E-state index contributed by atoms with van der Waals surface area (Å²) in [7, 11) is 0. The fourth-order valence-electron chi connectivity index (χ4n) is 2.72. The summed E-state index contributed by atoms with van der Waals surface area (Å²) in [4.78, 5) is 10.9. The summed E-state index contributed by atoms with van der Waals surface area (Å²) in [5.41, 5.74) is 0.713. The molecule has 1 aliphatic heterocycles. The molecule has 2 aromatic heterocycles. The van der Waals surface area contributed by atoms with Gasteiger partial charge in [-0.15, -0.1) is 0 Å². The number of rotatable bonds is 2. The highest BCUT2D eigenvalue weighted by Gasteiger charge is 2.24. The Morgan fingerprint density at radius 3 is 3.17 bits per heavy atom. The lowest BCUT2D eigenvalue weighted by Crippen LogP contribution is -2.39. The van der Waals surface area contributed by atoms with Gasteiger partial charge in [-0.25, -0.2) is 0 Å². The molecular formula is C12H16ClN5. The van der Waals surface area contributed by atoms with Crippen LogP contribution < -0.4 is 4.90 Å². The summed E-state index contributed by atoms with van der Waals surface area (Å²) in [5, 5.41) is 8.13. The fraction of sp³-hybridized carbons (Fsp3) is 0.583. The van der Waals surface area contributed by atoms with E-state index in [0.29, 0.717) is 11.7 Å². The molecule has 0 radical (unpaired) electrons. The summed E-state index contributed by atoms with van der Waals surface area (Å²) < 4.78 is 0. The van der Waals surface area contributed by atoms with Gasteiger partial charge in [0.15, 0.2) is 5.65 Å². The van der Waals surface area contributed by atoms with Gasteiger partial charge in [-0.3, -0.25) is 5.10 Å². The highest BCUT2D eigenvalue weighted by molar-refractivity contribution is 6.28. The number of H-pyrrole nitrogens is 1. The first kappa shape index (κ1) is 11.7. The summed E-state index contributed by atoms with van der Waals surface area (Å²) in [6.07, 6.45) is 6.63. The Morgan fingerprint density at radius 2 is 2.33 bits per heavy atom. The molecule has 1 atom stereocenters. The van der Waals surface area contributed by atoms with Crippen molar-refractivity contribution in [3.05, 3.63) is 11.5 Å². The number of hydrogen-bond acceptors (Lipinski definition) is 4. The van der Waals surface area contributed by atoms with Gasteiger partial charge in [-0.2, -0.15) is 15.1 Å². The van der Waals surface area contributed by atoms with Crippen molar-refractivity contribution in [2.75, 3.05) is 11.4 Å². The second-order valence-corrected chi connectivity index (χ2v) is 5.04. The molecule has 1 N–H and O–H groups in total. The second kappa shape index (κ2) is 4.72. The number of halogens is 1. The molecule has 5 nitrogen and oxygen atoms in total. The molecule has 2 aromatic rings. The van der Waals surface area contributed by atoms with Gasteiger partial charge >= 0.3 is 0 Å². The molecule has 1 fully saturated rings. The van der Waals surface area contributed by atoms with Crippen LogP contribution in [0.15, 0.2) is 6.20 Å². The van der Waals surface area contributed by atoms with E-state index >= 15 is 0 Å². The molecule has 18 heavy (non-hydrogen) atoms. The van der Waals surface area contributed by atoms with E-state index < -0.39 is 0 Å². The monoisotopic (exact) mass is 265 g/mol. The fourth-order valence-corrected chi connectivity index (χ4v) is 2.88. The van der Waals surface area contributed by atoms with Crippen molar-refractivity contribution in [1.29, 1.82) is 0 Å². The van der Waals surface area contributed by atoms with E-state index in [1.54, 1.807) is 6.20 Å². The minimum Gasteiger partial charge on any atom is -0.353 e. The van der Waals surface area contributed by atoms with E-state index in [1.807, 2.05) is 0 Å². The van der Waals surface area contributed by atoms with Crippen molar-refractivity contribution >= 4 is 28.5 Å². The van der Waals surface area contributed by atoms with E-state index in [-0.39, 0.29) is 5.28 Å².